The minimum atomic E-state index is -0.125. The topological polar surface area (TPSA) is 72.5 Å². The van der Waals surface area contributed by atoms with Gasteiger partial charge in [0.1, 0.15) is 17.3 Å². The number of hydrogen-bond acceptors (Lipinski definition) is 5. The Morgan fingerprint density at radius 2 is 1.96 bits per heavy atom. The molecule has 0 fully saturated rings. The third-order valence-corrected chi connectivity index (χ3v) is 3.87. The molecule has 2 rings (SSSR count). The molecule has 0 atom stereocenters. The van der Waals surface area contributed by atoms with Gasteiger partial charge in [-0.1, -0.05) is 24.9 Å². The zero-order valence-electron chi connectivity index (χ0n) is 14.6. The van der Waals surface area contributed by atoms with Crippen molar-refractivity contribution in [2.24, 2.45) is 0 Å². The molecule has 0 radical (unpaired) electrons. The van der Waals surface area contributed by atoms with Gasteiger partial charge in [0.15, 0.2) is 0 Å². The zero-order valence-corrected chi connectivity index (χ0v) is 15.3. The van der Waals surface area contributed by atoms with E-state index in [0.29, 0.717) is 40.1 Å². The van der Waals surface area contributed by atoms with Crippen LogP contribution >= 0.6 is 11.6 Å². The number of rotatable bonds is 8. The number of amides is 1. The van der Waals surface area contributed by atoms with Crippen LogP contribution in [0.5, 0.6) is 11.5 Å². The first-order chi connectivity index (χ1) is 12.1. The molecule has 25 heavy (non-hydrogen) atoms. The van der Waals surface area contributed by atoms with Gasteiger partial charge in [-0.05, 0) is 18.6 Å². The molecule has 0 aliphatic rings. The monoisotopic (exact) mass is 363 g/mol. The predicted octanol–water partition coefficient (Wildman–Crippen LogP) is 4.03. The van der Waals surface area contributed by atoms with Crippen LogP contribution in [0.25, 0.3) is 0 Å². The number of pyridine rings is 1. The Hall–Kier alpha value is -2.47. The highest BCUT2D eigenvalue weighted by Gasteiger charge is 2.12. The molecule has 0 aliphatic heterocycles. The second kappa shape index (κ2) is 9.13. The molecule has 0 unspecified atom stereocenters. The van der Waals surface area contributed by atoms with Crippen LogP contribution in [0.3, 0.4) is 0 Å². The van der Waals surface area contributed by atoms with Crippen LogP contribution in [0, 0.1) is 0 Å². The number of carbonyl (C=O) groups is 1. The van der Waals surface area contributed by atoms with Gasteiger partial charge in [-0.3, -0.25) is 4.79 Å². The third kappa shape index (κ3) is 5.00. The van der Waals surface area contributed by atoms with Crippen LogP contribution in [-0.2, 0) is 0 Å². The van der Waals surface area contributed by atoms with Crippen LogP contribution in [0.1, 0.15) is 30.1 Å². The van der Waals surface area contributed by atoms with Gasteiger partial charge in [0, 0.05) is 30.4 Å². The van der Waals surface area contributed by atoms with Crippen LogP contribution in [0.4, 0.5) is 11.5 Å². The Morgan fingerprint density at radius 3 is 2.64 bits per heavy atom. The number of nitrogens with zero attached hydrogens (tertiary/aromatic N) is 1. The van der Waals surface area contributed by atoms with Crippen molar-refractivity contribution in [3.63, 3.8) is 0 Å². The van der Waals surface area contributed by atoms with Gasteiger partial charge in [0.05, 0.1) is 24.9 Å². The lowest BCUT2D eigenvalue weighted by atomic mass is 10.2. The van der Waals surface area contributed by atoms with E-state index >= 15 is 0 Å². The first-order valence-corrected chi connectivity index (χ1v) is 8.39. The molecule has 6 nitrogen and oxygen atoms in total. The highest BCUT2D eigenvalue weighted by Crippen LogP contribution is 2.37. The van der Waals surface area contributed by atoms with Crippen molar-refractivity contribution >= 4 is 29.0 Å². The fourth-order valence-electron chi connectivity index (χ4n) is 2.22. The first-order valence-electron chi connectivity index (χ1n) is 8.01. The summed E-state index contributed by atoms with van der Waals surface area (Å²) in [6, 6.07) is 6.73. The summed E-state index contributed by atoms with van der Waals surface area (Å²) >= 11 is 6.11. The lowest BCUT2D eigenvalue weighted by Gasteiger charge is -2.14. The average Bonchev–Trinajstić information content (AvgIpc) is 2.63. The lowest BCUT2D eigenvalue weighted by molar-refractivity contribution is 0.0953. The highest BCUT2D eigenvalue weighted by molar-refractivity contribution is 6.32. The van der Waals surface area contributed by atoms with Crippen LogP contribution in [-0.4, -0.2) is 31.7 Å². The fraction of sp³-hybridized carbons (Fsp3) is 0.333. The minimum Gasteiger partial charge on any atom is -0.495 e. The average molecular weight is 364 g/mol. The minimum absolute atomic E-state index is 0.125. The maximum atomic E-state index is 12.2. The van der Waals surface area contributed by atoms with E-state index in [9.17, 15) is 4.79 Å². The van der Waals surface area contributed by atoms with Crippen LogP contribution in [0.15, 0.2) is 30.5 Å². The number of anilines is 2. The maximum Gasteiger partial charge on any atom is 0.251 e. The normalized spacial score (nSPS) is 10.2. The molecule has 2 N–H and O–H groups in total. The van der Waals surface area contributed by atoms with Crippen molar-refractivity contribution in [1.82, 2.24) is 10.3 Å². The van der Waals surface area contributed by atoms with Gasteiger partial charge in [0.2, 0.25) is 0 Å². The molecular weight excluding hydrogens is 342 g/mol. The Kier molecular flexibility index (Phi) is 6.89. The predicted molar refractivity (Wildman–Crippen MR) is 99.3 cm³/mol. The number of hydrogen-bond donors (Lipinski definition) is 2. The Bertz CT molecular complexity index is 738. The van der Waals surface area contributed by atoms with Crippen molar-refractivity contribution in [2.75, 3.05) is 26.1 Å². The first kappa shape index (κ1) is 18.9. The number of carbonyl (C=O) groups excluding carboxylic acids is 1. The SMILES string of the molecule is CCCCNC(=O)c1ccnc(Nc2cc(OC)c(Cl)cc2OC)c1. The van der Waals surface area contributed by atoms with Gasteiger partial charge in [-0.2, -0.15) is 0 Å². The van der Waals surface area contributed by atoms with Gasteiger partial charge in [0.25, 0.3) is 5.91 Å². The van der Waals surface area contributed by atoms with E-state index in [1.165, 1.54) is 7.11 Å². The molecule has 7 heteroatoms. The van der Waals surface area contributed by atoms with E-state index in [2.05, 4.69) is 22.5 Å². The number of methoxy groups -OCH3 is 2. The van der Waals surface area contributed by atoms with Crippen LogP contribution in [0.2, 0.25) is 5.02 Å². The van der Waals surface area contributed by atoms with Crippen LogP contribution < -0.4 is 20.1 Å². The lowest BCUT2D eigenvalue weighted by Crippen LogP contribution is -2.24. The molecule has 1 heterocycles. The number of unbranched alkanes of at least 4 members (excludes halogenated alkanes) is 1. The summed E-state index contributed by atoms with van der Waals surface area (Å²) in [6.07, 6.45) is 3.56. The van der Waals surface area contributed by atoms with Crippen molar-refractivity contribution in [3.05, 3.63) is 41.0 Å². The van der Waals surface area contributed by atoms with Gasteiger partial charge in [-0.15, -0.1) is 0 Å². The summed E-state index contributed by atoms with van der Waals surface area (Å²) in [5.41, 5.74) is 1.17. The van der Waals surface area contributed by atoms with Gasteiger partial charge < -0.3 is 20.1 Å². The number of ether oxygens (including phenoxy) is 2. The van der Waals surface area contributed by atoms with E-state index in [1.807, 2.05) is 0 Å². The zero-order chi connectivity index (χ0) is 18.2. The fourth-order valence-corrected chi connectivity index (χ4v) is 2.45. The van der Waals surface area contributed by atoms with Crippen molar-refractivity contribution in [3.8, 4) is 11.5 Å². The third-order valence-electron chi connectivity index (χ3n) is 3.57. The molecule has 1 aromatic heterocycles. The van der Waals surface area contributed by atoms with Gasteiger partial charge >= 0.3 is 0 Å². The van der Waals surface area contributed by atoms with E-state index < -0.39 is 0 Å². The van der Waals surface area contributed by atoms with E-state index in [4.69, 9.17) is 21.1 Å². The second-order valence-electron chi connectivity index (χ2n) is 5.35. The molecule has 0 saturated carbocycles. The molecule has 1 aromatic carbocycles. The molecule has 1 amide bonds. The van der Waals surface area contributed by atoms with Crippen molar-refractivity contribution < 1.29 is 14.3 Å². The smallest absolute Gasteiger partial charge is 0.251 e. The summed E-state index contributed by atoms with van der Waals surface area (Å²) < 4.78 is 10.6. The van der Waals surface area contributed by atoms with E-state index in [-0.39, 0.29) is 5.91 Å². The Morgan fingerprint density at radius 1 is 1.20 bits per heavy atom. The molecule has 134 valence electrons. The Balaban J connectivity index is 2.20. The van der Waals surface area contributed by atoms with E-state index in [1.54, 1.807) is 37.6 Å². The largest absolute Gasteiger partial charge is 0.495 e. The quantitative estimate of drug-likeness (QED) is 0.693. The summed E-state index contributed by atoms with van der Waals surface area (Å²) in [7, 11) is 3.09. The maximum absolute atomic E-state index is 12.2. The summed E-state index contributed by atoms with van der Waals surface area (Å²) in [5, 5.41) is 6.46. The number of nitrogens with one attached hydrogen (secondary N) is 2. The summed E-state index contributed by atoms with van der Waals surface area (Å²) in [6.45, 7) is 2.73. The second-order valence-corrected chi connectivity index (χ2v) is 5.76. The molecule has 0 bridgehead atoms. The number of aromatic nitrogens is 1. The number of halogens is 1. The Labute approximate surface area is 152 Å². The van der Waals surface area contributed by atoms with Crippen molar-refractivity contribution in [1.29, 1.82) is 0 Å². The number of benzene rings is 1. The molecule has 0 spiro atoms. The molecular formula is C18H22ClN3O3. The molecule has 0 saturated heterocycles. The highest BCUT2D eigenvalue weighted by atomic mass is 35.5. The molecule has 2 aromatic rings. The summed E-state index contributed by atoms with van der Waals surface area (Å²) in [5.74, 6) is 1.45. The van der Waals surface area contributed by atoms with Gasteiger partial charge in [-0.25, -0.2) is 4.98 Å². The summed E-state index contributed by atoms with van der Waals surface area (Å²) in [4.78, 5) is 16.4. The standard InChI is InChI=1S/C18H22ClN3O3/c1-4-5-7-21-18(23)12-6-8-20-17(9-12)22-14-11-15(24-2)13(19)10-16(14)25-3/h6,8-11H,4-5,7H2,1-3H3,(H,20,22)(H,21,23). The van der Waals surface area contributed by atoms with Crippen molar-refractivity contribution in [2.45, 2.75) is 19.8 Å². The van der Waals surface area contributed by atoms with E-state index in [0.717, 1.165) is 12.8 Å². The molecule has 0 aliphatic carbocycles.